The summed E-state index contributed by atoms with van der Waals surface area (Å²) in [5.74, 6) is 3.23. The van der Waals surface area contributed by atoms with Crippen molar-refractivity contribution in [3.63, 3.8) is 0 Å². The Hall–Kier alpha value is -2.94. The number of hydrogen-bond donors (Lipinski definition) is 2. The van der Waals surface area contributed by atoms with Gasteiger partial charge in [-0.15, -0.1) is 0 Å². The number of piperazine rings is 1. The molecule has 2 N–H and O–H groups in total. The Morgan fingerprint density at radius 3 is 2.38 bits per heavy atom. The first-order valence-electron chi connectivity index (χ1n) is 10.6. The molecule has 0 spiro atoms. The molecule has 0 aliphatic carbocycles. The van der Waals surface area contributed by atoms with Crippen LogP contribution in [0.3, 0.4) is 0 Å². The average Bonchev–Trinajstić information content (AvgIpc) is 2.78. The summed E-state index contributed by atoms with van der Waals surface area (Å²) < 4.78 is 5.88. The Bertz CT molecular complexity index is 1050. The molecule has 32 heavy (non-hydrogen) atoms. The largest absolute Gasteiger partial charge is 0.457 e. The third-order valence-corrected chi connectivity index (χ3v) is 5.70. The molecule has 3 aromatic rings. The monoisotopic (exact) mass is 454 g/mol. The molecule has 168 valence electrons. The van der Waals surface area contributed by atoms with Crippen molar-refractivity contribution in [2.45, 2.75) is 13.8 Å². The van der Waals surface area contributed by atoms with Crippen molar-refractivity contribution in [2.75, 3.05) is 49.5 Å². The number of halogens is 1. The van der Waals surface area contributed by atoms with Gasteiger partial charge in [0.1, 0.15) is 17.3 Å². The lowest BCUT2D eigenvalue weighted by atomic mass is 10.2. The van der Waals surface area contributed by atoms with Gasteiger partial charge >= 0.3 is 0 Å². The van der Waals surface area contributed by atoms with Crippen LogP contribution in [0, 0.1) is 13.8 Å². The predicted molar refractivity (Wildman–Crippen MR) is 126 cm³/mol. The van der Waals surface area contributed by atoms with Crippen LogP contribution in [0.1, 0.15) is 11.4 Å². The lowest BCUT2D eigenvalue weighted by Crippen LogP contribution is -2.47. The van der Waals surface area contributed by atoms with E-state index >= 15 is 0 Å². The first-order chi connectivity index (χ1) is 15.5. The minimum Gasteiger partial charge on any atom is -0.457 e. The van der Waals surface area contributed by atoms with E-state index in [1.54, 1.807) is 0 Å². The van der Waals surface area contributed by atoms with Gasteiger partial charge in [0.05, 0.1) is 6.61 Å². The van der Waals surface area contributed by atoms with Gasteiger partial charge in [-0.2, -0.15) is 15.0 Å². The topological polar surface area (TPSA) is 86.6 Å². The maximum atomic E-state index is 9.12. The van der Waals surface area contributed by atoms with E-state index in [-0.39, 0.29) is 6.61 Å². The van der Waals surface area contributed by atoms with E-state index in [4.69, 9.17) is 21.4 Å². The molecule has 0 bridgehead atoms. The first kappa shape index (κ1) is 22.3. The fourth-order valence-corrected chi connectivity index (χ4v) is 3.66. The molecule has 0 amide bonds. The highest BCUT2D eigenvalue weighted by molar-refractivity contribution is 6.31. The van der Waals surface area contributed by atoms with Crippen LogP contribution in [0.2, 0.25) is 5.02 Å². The van der Waals surface area contributed by atoms with Gasteiger partial charge in [-0.1, -0.05) is 17.7 Å². The molecule has 1 aliphatic rings. The van der Waals surface area contributed by atoms with E-state index in [0.29, 0.717) is 40.8 Å². The summed E-state index contributed by atoms with van der Waals surface area (Å²) in [6.45, 7) is 8.09. The predicted octanol–water partition coefficient (Wildman–Crippen LogP) is 3.79. The number of nitrogens with one attached hydrogen (secondary N) is 1. The maximum Gasteiger partial charge on any atom is 0.232 e. The lowest BCUT2D eigenvalue weighted by Gasteiger charge is -2.34. The van der Waals surface area contributed by atoms with Crippen LogP contribution in [0.15, 0.2) is 42.5 Å². The summed E-state index contributed by atoms with van der Waals surface area (Å²) in [5.41, 5.74) is 1.86. The van der Waals surface area contributed by atoms with Crippen LogP contribution < -0.4 is 15.0 Å². The Labute approximate surface area is 192 Å². The summed E-state index contributed by atoms with van der Waals surface area (Å²) in [5, 5.41) is 13.0. The van der Waals surface area contributed by atoms with Crippen molar-refractivity contribution in [3.8, 4) is 11.5 Å². The molecule has 1 aromatic heterocycles. The van der Waals surface area contributed by atoms with Crippen molar-refractivity contribution in [3.05, 3.63) is 58.9 Å². The highest BCUT2D eigenvalue weighted by Crippen LogP contribution is 2.27. The third kappa shape index (κ3) is 5.64. The number of aliphatic hydroxyl groups excluding tert-OH is 1. The molecular weight excluding hydrogens is 428 g/mol. The quantitative estimate of drug-likeness (QED) is 0.557. The number of β-amino-alcohol motifs (C(OH)–C–C–N with tert-alkyl or cyclic N) is 1. The van der Waals surface area contributed by atoms with E-state index in [9.17, 15) is 0 Å². The molecule has 2 heterocycles. The van der Waals surface area contributed by atoms with E-state index < -0.39 is 0 Å². The summed E-state index contributed by atoms with van der Waals surface area (Å²) in [6.07, 6.45) is 0. The molecule has 0 radical (unpaired) electrons. The van der Waals surface area contributed by atoms with Gasteiger partial charge in [0.15, 0.2) is 0 Å². The minimum absolute atomic E-state index is 0.182. The van der Waals surface area contributed by atoms with Gasteiger partial charge in [0.2, 0.25) is 11.9 Å². The van der Waals surface area contributed by atoms with Crippen molar-refractivity contribution < 1.29 is 9.84 Å². The standard InChI is InChI=1S/C23H27ClN6O2/c1-16-3-6-20(15-21(16)24)32-19-7-4-18(5-8-19)27-22-25-17(2)26-23(28-22)30-11-9-29(10-12-30)13-14-31/h3-8,15,31H,9-14H2,1-2H3,(H,25,26,27,28). The zero-order chi connectivity index (χ0) is 22.5. The van der Waals surface area contributed by atoms with Crippen LogP contribution >= 0.6 is 11.6 Å². The second-order valence-corrected chi connectivity index (χ2v) is 8.13. The van der Waals surface area contributed by atoms with Gasteiger partial charge < -0.3 is 20.1 Å². The molecule has 2 aromatic carbocycles. The fourth-order valence-electron chi connectivity index (χ4n) is 3.49. The zero-order valence-electron chi connectivity index (χ0n) is 18.3. The number of aryl methyl sites for hydroxylation is 2. The van der Waals surface area contributed by atoms with Crippen LogP contribution in [0.5, 0.6) is 11.5 Å². The summed E-state index contributed by atoms with van der Waals surface area (Å²) >= 11 is 6.17. The number of benzene rings is 2. The minimum atomic E-state index is 0.182. The molecule has 1 saturated heterocycles. The third-order valence-electron chi connectivity index (χ3n) is 5.30. The Balaban J connectivity index is 1.41. The van der Waals surface area contributed by atoms with Crippen LogP contribution in [-0.4, -0.2) is 64.3 Å². The van der Waals surface area contributed by atoms with E-state index in [0.717, 1.165) is 37.4 Å². The Morgan fingerprint density at radius 2 is 1.69 bits per heavy atom. The van der Waals surface area contributed by atoms with Gasteiger partial charge in [0.25, 0.3) is 0 Å². The maximum absolute atomic E-state index is 9.12. The molecule has 0 unspecified atom stereocenters. The van der Waals surface area contributed by atoms with Gasteiger partial charge in [-0.25, -0.2) is 0 Å². The SMILES string of the molecule is Cc1nc(Nc2ccc(Oc3ccc(C)c(Cl)c3)cc2)nc(N2CCN(CCO)CC2)n1. The van der Waals surface area contributed by atoms with Gasteiger partial charge in [-0.05, 0) is 55.8 Å². The normalized spacial score (nSPS) is 14.4. The summed E-state index contributed by atoms with van der Waals surface area (Å²) in [4.78, 5) is 17.9. The second-order valence-electron chi connectivity index (χ2n) is 7.72. The number of hydrogen-bond acceptors (Lipinski definition) is 8. The highest BCUT2D eigenvalue weighted by Gasteiger charge is 2.19. The van der Waals surface area contributed by atoms with Crippen molar-refractivity contribution >= 4 is 29.2 Å². The number of anilines is 3. The highest BCUT2D eigenvalue weighted by atomic mass is 35.5. The van der Waals surface area contributed by atoms with E-state index in [1.807, 2.05) is 56.3 Å². The first-order valence-corrected chi connectivity index (χ1v) is 11.0. The fraction of sp³-hybridized carbons (Fsp3) is 0.348. The molecule has 1 fully saturated rings. The second kappa shape index (κ2) is 10.1. The van der Waals surface area contributed by atoms with Crippen molar-refractivity contribution in [1.29, 1.82) is 0 Å². The van der Waals surface area contributed by atoms with E-state index in [2.05, 4.69) is 30.1 Å². The lowest BCUT2D eigenvalue weighted by molar-refractivity contribution is 0.188. The number of aromatic nitrogens is 3. The summed E-state index contributed by atoms with van der Waals surface area (Å²) in [7, 11) is 0. The van der Waals surface area contributed by atoms with Crippen LogP contribution in [0.25, 0.3) is 0 Å². The van der Waals surface area contributed by atoms with E-state index in [1.165, 1.54) is 0 Å². The molecular formula is C23H27ClN6O2. The Morgan fingerprint density at radius 1 is 0.969 bits per heavy atom. The number of ether oxygens (including phenoxy) is 1. The van der Waals surface area contributed by atoms with Gasteiger partial charge in [-0.3, -0.25) is 4.90 Å². The number of nitrogens with zero attached hydrogens (tertiary/aromatic N) is 5. The zero-order valence-corrected chi connectivity index (χ0v) is 19.0. The molecule has 8 nitrogen and oxygen atoms in total. The molecule has 0 atom stereocenters. The molecule has 9 heteroatoms. The summed E-state index contributed by atoms with van der Waals surface area (Å²) in [6, 6.07) is 13.2. The number of aliphatic hydroxyl groups is 1. The number of rotatable bonds is 7. The van der Waals surface area contributed by atoms with Crippen molar-refractivity contribution in [1.82, 2.24) is 19.9 Å². The van der Waals surface area contributed by atoms with Gasteiger partial charge in [0, 0.05) is 43.4 Å². The Kier molecular flexibility index (Phi) is 7.04. The van der Waals surface area contributed by atoms with Crippen molar-refractivity contribution in [2.24, 2.45) is 0 Å². The molecule has 1 aliphatic heterocycles. The van der Waals surface area contributed by atoms with Crippen LogP contribution in [-0.2, 0) is 0 Å². The average molecular weight is 455 g/mol. The molecule has 4 rings (SSSR count). The van der Waals surface area contributed by atoms with Crippen LogP contribution in [0.4, 0.5) is 17.6 Å². The smallest absolute Gasteiger partial charge is 0.232 e. The molecule has 0 saturated carbocycles.